The normalized spacial score (nSPS) is 12.6. The lowest BCUT2D eigenvalue weighted by atomic mass is 10.1. The lowest BCUT2D eigenvalue weighted by molar-refractivity contribution is 0.352. The van der Waals surface area contributed by atoms with Crippen LogP contribution in [0.4, 0.5) is 4.39 Å². The van der Waals surface area contributed by atoms with Crippen LogP contribution in [0.1, 0.15) is 31.0 Å². The Bertz CT molecular complexity index is 532. The van der Waals surface area contributed by atoms with Gasteiger partial charge in [-0.25, -0.2) is 4.39 Å². The maximum Gasteiger partial charge on any atom is 0.229 e. The molecule has 0 saturated carbocycles. The molecule has 4 nitrogen and oxygen atoms in total. The van der Waals surface area contributed by atoms with E-state index in [4.69, 9.17) is 10.3 Å². The molecule has 1 aromatic carbocycles. The van der Waals surface area contributed by atoms with Crippen molar-refractivity contribution in [2.45, 2.75) is 29.9 Å². The van der Waals surface area contributed by atoms with Crippen molar-refractivity contribution in [3.63, 3.8) is 0 Å². The Morgan fingerprint density at radius 1 is 1.42 bits per heavy atom. The van der Waals surface area contributed by atoms with E-state index < -0.39 is 0 Å². The maximum atomic E-state index is 13.4. The van der Waals surface area contributed by atoms with Crippen molar-refractivity contribution in [2.24, 2.45) is 5.73 Å². The molecule has 0 spiro atoms. The molecule has 102 valence electrons. The average Bonchev–Trinajstić information content (AvgIpc) is 2.87. The van der Waals surface area contributed by atoms with Crippen molar-refractivity contribution < 1.29 is 8.91 Å². The summed E-state index contributed by atoms with van der Waals surface area (Å²) in [4.78, 5) is 4.88. The summed E-state index contributed by atoms with van der Waals surface area (Å²) in [6.07, 6.45) is 0.808. The summed E-state index contributed by atoms with van der Waals surface area (Å²) in [7, 11) is 0. The van der Waals surface area contributed by atoms with Crippen LogP contribution < -0.4 is 5.73 Å². The second kappa shape index (κ2) is 6.68. The van der Waals surface area contributed by atoms with Gasteiger partial charge in [0, 0.05) is 10.8 Å². The summed E-state index contributed by atoms with van der Waals surface area (Å²) in [5, 5.41) is 3.89. The fourth-order valence-corrected chi connectivity index (χ4v) is 2.39. The van der Waals surface area contributed by atoms with Gasteiger partial charge in [-0.1, -0.05) is 24.2 Å². The topological polar surface area (TPSA) is 64.9 Å². The van der Waals surface area contributed by atoms with Gasteiger partial charge in [-0.3, -0.25) is 0 Å². The molecule has 0 fully saturated rings. The number of hydrogen-bond acceptors (Lipinski definition) is 5. The monoisotopic (exact) mass is 281 g/mol. The predicted molar refractivity (Wildman–Crippen MR) is 72.3 cm³/mol. The highest BCUT2D eigenvalue weighted by Crippen LogP contribution is 2.25. The largest absolute Gasteiger partial charge is 0.339 e. The molecular formula is C13H16FN3OS. The Labute approximate surface area is 115 Å². The second-order valence-electron chi connectivity index (χ2n) is 4.25. The Balaban J connectivity index is 1.95. The number of rotatable bonds is 6. The summed E-state index contributed by atoms with van der Waals surface area (Å²) in [5.74, 6) is 1.58. The SMILES string of the molecule is CC(CCN)c1nc(CSc2ccccc2F)no1. The van der Waals surface area contributed by atoms with Crippen molar-refractivity contribution in [1.29, 1.82) is 0 Å². The maximum absolute atomic E-state index is 13.4. The fourth-order valence-electron chi connectivity index (χ4n) is 1.60. The molecule has 0 saturated heterocycles. The lowest BCUT2D eigenvalue weighted by Crippen LogP contribution is -2.04. The molecule has 1 heterocycles. The van der Waals surface area contributed by atoms with Crippen LogP contribution in [0.5, 0.6) is 0 Å². The average molecular weight is 281 g/mol. The van der Waals surface area contributed by atoms with Crippen LogP contribution in [0.2, 0.25) is 0 Å². The number of hydrogen-bond donors (Lipinski definition) is 1. The first kappa shape index (κ1) is 14.0. The molecule has 0 aliphatic rings. The predicted octanol–water partition coefficient (Wildman–Crippen LogP) is 2.95. The minimum Gasteiger partial charge on any atom is -0.339 e. The molecule has 2 N–H and O–H groups in total. The summed E-state index contributed by atoms with van der Waals surface area (Å²) in [6.45, 7) is 2.58. The minimum absolute atomic E-state index is 0.157. The molecule has 1 aromatic heterocycles. The van der Waals surface area contributed by atoms with Gasteiger partial charge in [0.2, 0.25) is 5.89 Å². The molecule has 2 aromatic rings. The van der Waals surface area contributed by atoms with Gasteiger partial charge < -0.3 is 10.3 Å². The molecule has 0 radical (unpaired) electrons. The number of aromatic nitrogens is 2. The van der Waals surface area contributed by atoms with Crippen LogP contribution in [0.25, 0.3) is 0 Å². The van der Waals surface area contributed by atoms with Gasteiger partial charge in [-0.2, -0.15) is 4.98 Å². The molecule has 0 amide bonds. The third-order valence-electron chi connectivity index (χ3n) is 2.70. The summed E-state index contributed by atoms with van der Waals surface area (Å²) in [5.41, 5.74) is 5.49. The van der Waals surface area contributed by atoms with Gasteiger partial charge >= 0.3 is 0 Å². The van der Waals surface area contributed by atoms with Gasteiger partial charge in [-0.15, -0.1) is 11.8 Å². The van der Waals surface area contributed by atoms with E-state index in [2.05, 4.69) is 10.1 Å². The number of benzene rings is 1. The van der Waals surface area contributed by atoms with Gasteiger partial charge in [0.05, 0.1) is 5.75 Å². The van der Waals surface area contributed by atoms with Crippen LogP contribution in [0.3, 0.4) is 0 Å². The summed E-state index contributed by atoms with van der Waals surface area (Å²) in [6, 6.07) is 6.64. The van der Waals surface area contributed by atoms with Crippen LogP contribution in [-0.2, 0) is 5.75 Å². The van der Waals surface area contributed by atoms with E-state index in [0.29, 0.717) is 28.9 Å². The highest BCUT2D eigenvalue weighted by molar-refractivity contribution is 7.98. The van der Waals surface area contributed by atoms with E-state index in [1.165, 1.54) is 17.8 Å². The highest BCUT2D eigenvalue weighted by atomic mass is 32.2. The number of thioether (sulfide) groups is 1. The van der Waals surface area contributed by atoms with Crippen molar-refractivity contribution in [2.75, 3.05) is 6.54 Å². The van der Waals surface area contributed by atoms with Crippen LogP contribution >= 0.6 is 11.8 Å². The van der Waals surface area contributed by atoms with Crippen molar-refractivity contribution in [3.05, 3.63) is 41.8 Å². The molecule has 0 aliphatic carbocycles. The molecule has 19 heavy (non-hydrogen) atoms. The van der Waals surface area contributed by atoms with E-state index in [0.717, 1.165) is 6.42 Å². The molecule has 6 heteroatoms. The van der Waals surface area contributed by atoms with Crippen LogP contribution in [0, 0.1) is 5.82 Å². The first-order valence-corrected chi connectivity index (χ1v) is 7.09. The van der Waals surface area contributed by atoms with Gasteiger partial charge in [0.25, 0.3) is 0 Å². The van der Waals surface area contributed by atoms with Gasteiger partial charge in [0.1, 0.15) is 5.82 Å². The number of nitrogens with two attached hydrogens (primary N) is 1. The third-order valence-corrected chi connectivity index (χ3v) is 3.74. The Hall–Kier alpha value is -1.40. The van der Waals surface area contributed by atoms with Crippen molar-refractivity contribution in [3.8, 4) is 0 Å². The van der Waals surface area contributed by atoms with Gasteiger partial charge in [0.15, 0.2) is 5.82 Å². The number of nitrogens with zero attached hydrogens (tertiary/aromatic N) is 2. The fraction of sp³-hybridized carbons (Fsp3) is 0.385. The first-order valence-electron chi connectivity index (χ1n) is 6.10. The zero-order valence-corrected chi connectivity index (χ0v) is 11.5. The Kier molecular flexibility index (Phi) is 4.93. The minimum atomic E-state index is -0.229. The van der Waals surface area contributed by atoms with E-state index in [1.54, 1.807) is 18.2 Å². The van der Waals surface area contributed by atoms with Crippen LogP contribution in [-0.4, -0.2) is 16.7 Å². The van der Waals surface area contributed by atoms with E-state index in [1.807, 2.05) is 6.92 Å². The molecule has 1 unspecified atom stereocenters. The molecule has 0 aliphatic heterocycles. The lowest BCUT2D eigenvalue weighted by Gasteiger charge is -2.02. The van der Waals surface area contributed by atoms with Crippen LogP contribution in [0.15, 0.2) is 33.7 Å². The van der Waals surface area contributed by atoms with Gasteiger partial charge in [-0.05, 0) is 25.1 Å². The third kappa shape index (κ3) is 3.78. The summed E-state index contributed by atoms with van der Waals surface area (Å²) < 4.78 is 18.6. The van der Waals surface area contributed by atoms with E-state index in [9.17, 15) is 4.39 Å². The van der Waals surface area contributed by atoms with Crippen molar-refractivity contribution in [1.82, 2.24) is 10.1 Å². The zero-order chi connectivity index (χ0) is 13.7. The Morgan fingerprint density at radius 2 is 2.21 bits per heavy atom. The smallest absolute Gasteiger partial charge is 0.229 e. The second-order valence-corrected chi connectivity index (χ2v) is 5.26. The van der Waals surface area contributed by atoms with E-state index in [-0.39, 0.29) is 11.7 Å². The Morgan fingerprint density at radius 3 is 2.95 bits per heavy atom. The summed E-state index contributed by atoms with van der Waals surface area (Å²) >= 11 is 1.35. The van der Waals surface area contributed by atoms with Crippen molar-refractivity contribution >= 4 is 11.8 Å². The first-order chi connectivity index (χ1) is 9.20. The highest BCUT2D eigenvalue weighted by Gasteiger charge is 2.14. The molecule has 1 atom stereocenters. The number of halogens is 1. The quantitative estimate of drug-likeness (QED) is 0.825. The molecule has 2 rings (SSSR count). The standard InChI is InChI=1S/C13H16FN3OS/c1-9(6-7-15)13-16-12(17-18-13)8-19-11-5-3-2-4-10(11)14/h2-5,9H,6-8,15H2,1H3. The molecule has 0 bridgehead atoms. The molecular weight excluding hydrogens is 265 g/mol. The van der Waals surface area contributed by atoms with E-state index >= 15 is 0 Å². The zero-order valence-electron chi connectivity index (χ0n) is 10.7.